The van der Waals surface area contributed by atoms with Crippen molar-refractivity contribution in [2.24, 2.45) is 0 Å². The van der Waals surface area contributed by atoms with Gasteiger partial charge in [-0.1, -0.05) is 6.92 Å². The molecule has 0 amide bonds. The van der Waals surface area contributed by atoms with Crippen LogP contribution in [0.25, 0.3) is 0 Å². The second-order valence-electron chi connectivity index (χ2n) is 3.90. The van der Waals surface area contributed by atoms with Crippen molar-refractivity contribution < 1.29 is 0 Å². The summed E-state index contributed by atoms with van der Waals surface area (Å²) in [6.45, 7) is 8.69. The molecule has 0 bridgehead atoms. The number of likely N-dealkylation sites (N-methyl/N-ethyl adjacent to an activating group) is 1. The lowest BCUT2D eigenvalue weighted by molar-refractivity contribution is 0.251. The van der Waals surface area contributed by atoms with Crippen LogP contribution < -0.4 is 10.6 Å². The van der Waals surface area contributed by atoms with E-state index in [-0.39, 0.29) is 5.54 Å². The molecule has 11 heavy (non-hydrogen) atoms. The monoisotopic (exact) mass is 157 g/mol. The third kappa shape index (κ3) is 2.15. The molecule has 1 aliphatic heterocycles. The van der Waals surface area contributed by atoms with Crippen LogP contribution >= 0.6 is 0 Å². The van der Waals surface area contributed by atoms with Gasteiger partial charge in [-0.15, -0.1) is 0 Å². The maximum Gasteiger partial charge on any atom is 0.114 e. The third-order valence-corrected chi connectivity index (χ3v) is 2.01. The van der Waals surface area contributed by atoms with Gasteiger partial charge in [-0.05, 0) is 27.4 Å². The summed E-state index contributed by atoms with van der Waals surface area (Å²) in [6.07, 6.45) is 0.356. The second-order valence-corrected chi connectivity index (χ2v) is 3.90. The van der Waals surface area contributed by atoms with Crippen LogP contribution in [0, 0.1) is 0 Å². The highest BCUT2D eigenvalue weighted by molar-refractivity contribution is 4.90. The molecule has 0 aliphatic carbocycles. The summed E-state index contributed by atoms with van der Waals surface area (Å²) in [4.78, 5) is 2.30. The number of hydrogen-bond acceptors (Lipinski definition) is 3. The summed E-state index contributed by atoms with van der Waals surface area (Å²) >= 11 is 0. The van der Waals surface area contributed by atoms with Crippen LogP contribution in [0.3, 0.4) is 0 Å². The fourth-order valence-corrected chi connectivity index (χ4v) is 1.64. The minimum absolute atomic E-state index is 0.252. The summed E-state index contributed by atoms with van der Waals surface area (Å²) in [6, 6.07) is 0. The minimum Gasteiger partial charge on any atom is -0.290 e. The quantitative estimate of drug-likeness (QED) is 0.599. The molecule has 1 saturated heterocycles. The largest absolute Gasteiger partial charge is 0.290 e. The number of rotatable bonds is 2. The SMILES string of the molecule is CCNC1NC(C)(C)CN1C. The van der Waals surface area contributed by atoms with E-state index in [1.54, 1.807) is 0 Å². The minimum atomic E-state index is 0.252. The lowest BCUT2D eigenvalue weighted by Gasteiger charge is -2.20. The molecule has 0 aromatic carbocycles. The number of nitrogens with zero attached hydrogens (tertiary/aromatic N) is 1. The van der Waals surface area contributed by atoms with E-state index in [0.717, 1.165) is 13.1 Å². The third-order valence-electron chi connectivity index (χ3n) is 2.01. The van der Waals surface area contributed by atoms with Gasteiger partial charge in [0.15, 0.2) is 0 Å². The van der Waals surface area contributed by atoms with Gasteiger partial charge >= 0.3 is 0 Å². The van der Waals surface area contributed by atoms with Crippen molar-refractivity contribution >= 4 is 0 Å². The maximum atomic E-state index is 3.50. The smallest absolute Gasteiger partial charge is 0.114 e. The van der Waals surface area contributed by atoms with Gasteiger partial charge in [0.2, 0.25) is 0 Å². The zero-order chi connectivity index (χ0) is 8.48. The Balaban J connectivity index is 2.45. The molecule has 0 saturated carbocycles. The highest BCUT2D eigenvalue weighted by Gasteiger charge is 2.33. The maximum absolute atomic E-state index is 3.50. The molecule has 1 fully saturated rings. The molecule has 0 spiro atoms. The fraction of sp³-hybridized carbons (Fsp3) is 1.00. The van der Waals surface area contributed by atoms with Crippen LogP contribution in [0.2, 0.25) is 0 Å². The summed E-state index contributed by atoms with van der Waals surface area (Å²) in [5, 5.41) is 6.86. The van der Waals surface area contributed by atoms with Crippen molar-refractivity contribution in [1.29, 1.82) is 0 Å². The first-order chi connectivity index (χ1) is 5.05. The summed E-state index contributed by atoms with van der Waals surface area (Å²) in [7, 11) is 2.13. The van der Waals surface area contributed by atoms with Gasteiger partial charge in [0.05, 0.1) is 0 Å². The Kier molecular flexibility index (Phi) is 2.52. The molecule has 1 heterocycles. The molecule has 1 aliphatic rings. The van der Waals surface area contributed by atoms with Crippen molar-refractivity contribution in [2.45, 2.75) is 32.6 Å². The second kappa shape index (κ2) is 3.09. The molecule has 3 heteroatoms. The Morgan fingerprint density at radius 1 is 1.64 bits per heavy atom. The van der Waals surface area contributed by atoms with Crippen LogP contribution in [0.4, 0.5) is 0 Å². The summed E-state index contributed by atoms with van der Waals surface area (Å²) in [5.74, 6) is 0. The zero-order valence-electron chi connectivity index (χ0n) is 7.94. The zero-order valence-corrected chi connectivity index (χ0v) is 7.94. The van der Waals surface area contributed by atoms with Crippen LogP contribution in [0.5, 0.6) is 0 Å². The van der Waals surface area contributed by atoms with Gasteiger partial charge in [0.1, 0.15) is 6.29 Å². The molecule has 3 nitrogen and oxygen atoms in total. The van der Waals surface area contributed by atoms with E-state index in [0.29, 0.717) is 6.29 Å². The molecule has 1 rings (SSSR count). The normalized spacial score (nSPS) is 31.1. The van der Waals surface area contributed by atoms with Crippen LogP contribution in [-0.2, 0) is 0 Å². The van der Waals surface area contributed by atoms with E-state index < -0.39 is 0 Å². The average Bonchev–Trinajstić information content (AvgIpc) is 2.07. The van der Waals surface area contributed by atoms with Crippen LogP contribution in [0.1, 0.15) is 20.8 Å². The Labute approximate surface area is 69.1 Å². The standard InChI is InChI=1S/C8H19N3/c1-5-9-7-10-8(2,3)6-11(7)4/h7,9-10H,5-6H2,1-4H3. The molecule has 0 aromatic rings. The van der Waals surface area contributed by atoms with E-state index in [4.69, 9.17) is 0 Å². The van der Waals surface area contributed by atoms with Crippen LogP contribution in [-0.4, -0.2) is 36.9 Å². The number of nitrogens with one attached hydrogen (secondary N) is 2. The Hall–Kier alpha value is -0.120. The van der Waals surface area contributed by atoms with E-state index in [1.165, 1.54) is 0 Å². The summed E-state index contributed by atoms with van der Waals surface area (Å²) in [5.41, 5.74) is 0.252. The Morgan fingerprint density at radius 3 is 2.64 bits per heavy atom. The Bertz CT molecular complexity index is 133. The van der Waals surface area contributed by atoms with Crippen molar-refractivity contribution in [3.63, 3.8) is 0 Å². The molecule has 2 N–H and O–H groups in total. The molecular weight excluding hydrogens is 138 g/mol. The molecule has 1 atom stereocenters. The molecule has 0 aromatic heterocycles. The van der Waals surface area contributed by atoms with Gasteiger partial charge in [0, 0.05) is 12.1 Å². The first-order valence-corrected chi connectivity index (χ1v) is 4.26. The number of hydrogen-bond donors (Lipinski definition) is 2. The topological polar surface area (TPSA) is 27.3 Å². The highest BCUT2D eigenvalue weighted by Crippen LogP contribution is 2.13. The van der Waals surface area contributed by atoms with Gasteiger partial charge in [0.25, 0.3) is 0 Å². The highest BCUT2D eigenvalue weighted by atomic mass is 15.4. The van der Waals surface area contributed by atoms with Crippen molar-refractivity contribution in [3.8, 4) is 0 Å². The predicted molar refractivity (Wildman–Crippen MR) is 47.3 cm³/mol. The lowest BCUT2D eigenvalue weighted by Crippen LogP contribution is -2.48. The van der Waals surface area contributed by atoms with Gasteiger partial charge in [-0.3, -0.25) is 15.5 Å². The van der Waals surface area contributed by atoms with Gasteiger partial charge < -0.3 is 0 Å². The molecule has 0 radical (unpaired) electrons. The van der Waals surface area contributed by atoms with Crippen molar-refractivity contribution in [2.75, 3.05) is 20.1 Å². The lowest BCUT2D eigenvalue weighted by atomic mass is 10.1. The average molecular weight is 157 g/mol. The molecular formula is C8H19N3. The molecule has 66 valence electrons. The molecule has 1 unspecified atom stereocenters. The van der Waals surface area contributed by atoms with Crippen molar-refractivity contribution in [1.82, 2.24) is 15.5 Å². The van der Waals surface area contributed by atoms with E-state index in [9.17, 15) is 0 Å². The first kappa shape index (κ1) is 8.97. The first-order valence-electron chi connectivity index (χ1n) is 4.26. The van der Waals surface area contributed by atoms with E-state index in [2.05, 4.69) is 43.4 Å². The predicted octanol–water partition coefficient (Wildman–Crippen LogP) is 0.193. The Morgan fingerprint density at radius 2 is 2.27 bits per heavy atom. The van der Waals surface area contributed by atoms with Crippen molar-refractivity contribution in [3.05, 3.63) is 0 Å². The van der Waals surface area contributed by atoms with E-state index in [1.807, 2.05) is 0 Å². The van der Waals surface area contributed by atoms with Gasteiger partial charge in [-0.25, -0.2) is 0 Å². The van der Waals surface area contributed by atoms with Crippen LogP contribution in [0.15, 0.2) is 0 Å². The fourth-order valence-electron chi connectivity index (χ4n) is 1.64. The van der Waals surface area contributed by atoms with Gasteiger partial charge in [-0.2, -0.15) is 0 Å². The van der Waals surface area contributed by atoms with E-state index >= 15 is 0 Å². The summed E-state index contributed by atoms with van der Waals surface area (Å²) < 4.78 is 0.